The lowest BCUT2D eigenvalue weighted by Crippen LogP contribution is -2.33. The zero-order valence-corrected chi connectivity index (χ0v) is 18.7. The van der Waals surface area contributed by atoms with Crippen LogP contribution < -0.4 is 4.90 Å². The van der Waals surface area contributed by atoms with Gasteiger partial charge in [0.25, 0.3) is 0 Å². The first-order chi connectivity index (χ1) is 13.2. The largest absolute Gasteiger partial charge is 0.315 e. The third-order valence-corrected chi connectivity index (χ3v) is 8.62. The molecule has 1 aliphatic heterocycles. The Morgan fingerprint density at radius 1 is 1.32 bits per heavy atom. The molecule has 0 spiro atoms. The molecular weight excluding hydrogens is 414 g/mol. The number of anilines is 1. The zero-order chi connectivity index (χ0) is 20.4. The molecule has 28 heavy (non-hydrogen) atoms. The summed E-state index contributed by atoms with van der Waals surface area (Å²) in [6, 6.07) is 7.95. The quantitative estimate of drug-likeness (QED) is 0.430. The number of nitrogens with zero attached hydrogens (tertiary/aromatic N) is 3. The van der Waals surface area contributed by atoms with Crippen molar-refractivity contribution in [1.29, 1.82) is 0 Å². The Labute approximate surface area is 178 Å². The van der Waals surface area contributed by atoms with Crippen LogP contribution in [-0.2, 0) is 30.4 Å². The van der Waals surface area contributed by atoms with Gasteiger partial charge in [-0.2, -0.15) is 0 Å². The van der Waals surface area contributed by atoms with E-state index in [1.807, 2.05) is 12.1 Å². The lowest BCUT2D eigenvalue weighted by molar-refractivity contribution is -0.107. The van der Waals surface area contributed by atoms with Gasteiger partial charge in [-0.15, -0.1) is 3.71 Å². The maximum atomic E-state index is 11.6. The molecule has 156 valence electrons. The van der Waals surface area contributed by atoms with Crippen LogP contribution in [0.5, 0.6) is 0 Å². The first-order valence-corrected chi connectivity index (χ1v) is 12.6. The fourth-order valence-electron chi connectivity index (χ4n) is 3.97. The molecule has 9 heteroatoms. The number of hydrogen-bond acceptors (Lipinski definition) is 5. The van der Waals surface area contributed by atoms with Crippen LogP contribution >= 0.6 is 12.8 Å². The second-order valence-corrected chi connectivity index (χ2v) is 11.3. The van der Waals surface area contributed by atoms with E-state index in [-0.39, 0.29) is 6.04 Å². The van der Waals surface area contributed by atoms with Crippen molar-refractivity contribution in [2.24, 2.45) is 0 Å². The number of rotatable bonds is 10. The summed E-state index contributed by atoms with van der Waals surface area (Å²) in [6.07, 6.45) is 6.36. The van der Waals surface area contributed by atoms with E-state index in [1.165, 1.54) is 44.3 Å². The maximum absolute atomic E-state index is 11.6. The van der Waals surface area contributed by atoms with Crippen LogP contribution in [0, 0.1) is 0 Å². The van der Waals surface area contributed by atoms with Gasteiger partial charge in [-0.1, -0.05) is 24.9 Å². The molecule has 0 radical (unpaired) electrons. The Balaban J connectivity index is 1.60. The molecule has 1 N–H and O–H groups in total. The number of carbonyl (C=O) groups is 1. The number of likely N-dealkylation sites (tertiary alicyclic amines) is 1. The molecule has 1 amide bonds. The Hall–Kier alpha value is -0.710. The van der Waals surface area contributed by atoms with Gasteiger partial charge in [-0.25, -0.2) is 4.21 Å². The van der Waals surface area contributed by atoms with Crippen LogP contribution in [0.1, 0.15) is 44.6 Å². The summed E-state index contributed by atoms with van der Waals surface area (Å²) in [4.78, 5) is 15.8. The van der Waals surface area contributed by atoms with Crippen molar-refractivity contribution in [2.45, 2.75) is 50.5 Å². The van der Waals surface area contributed by atoms with Gasteiger partial charge in [-0.05, 0) is 69.8 Å². The van der Waals surface area contributed by atoms with Crippen LogP contribution in [0.4, 0.5) is 5.69 Å². The average Bonchev–Trinajstić information content (AvgIpc) is 3.26. The SMILES string of the molecule is CC(CCN(C=O)c1ccc(C2(CN3CCCC3)CC2)cc1)N(S)S(=O)(O)=S. The highest BCUT2D eigenvalue weighted by Gasteiger charge is 2.45. The van der Waals surface area contributed by atoms with Gasteiger partial charge in [0.15, 0.2) is 0 Å². The lowest BCUT2D eigenvalue weighted by Gasteiger charge is -2.26. The fraction of sp³-hybridized carbons (Fsp3) is 0.632. The number of thiol groups is 1. The highest BCUT2D eigenvalue weighted by Crippen LogP contribution is 2.49. The smallest absolute Gasteiger partial charge is 0.219 e. The minimum absolute atomic E-state index is 0.292. The molecule has 0 aromatic heterocycles. The molecular formula is C19H29N3O3S3. The summed E-state index contributed by atoms with van der Waals surface area (Å²) >= 11 is 8.56. The summed E-state index contributed by atoms with van der Waals surface area (Å²) < 4.78 is 21.9. The van der Waals surface area contributed by atoms with Crippen LogP contribution in [0.25, 0.3) is 0 Å². The molecule has 2 unspecified atom stereocenters. The van der Waals surface area contributed by atoms with Gasteiger partial charge < -0.3 is 9.80 Å². The summed E-state index contributed by atoms with van der Waals surface area (Å²) in [5.74, 6) is 0. The van der Waals surface area contributed by atoms with Crippen LogP contribution in [0.3, 0.4) is 0 Å². The van der Waals surface area contributed by atoms with Crippen molar-refractivity contribution >= 4 is 45.1 Å². The summed E-state index contributed by atoms with van der Waals surface area (Å²) in [6.45, 7) is 5.75. The van der Waals surface area contributed by atoms with E-state index in [1.54, 1.807) is 11.8 Å². The molecule has 0 bridgehead atoms. The minimum atomic E-state index is -3.53. The molecule has 2 aliphatic rings. The average molecular weight is 444 g/mol. The molecule has 2 fully saturated rings. The third-order valence-electron chi connectivity index (χ3n) is 5.92. The van der Waals surface area contributed by atoms with Gasteiger partial charge in [0.05, 0.1) is 0 Å². The monoisotopic (exact) mass is 443 g/mol. The fourth-order valence-corrected chi connectivity index (χ4v) is 5.09. The second kappa shape index (κ2) is 8.97. The molecule has 1 heterocycles. The van der Waals surface area contributed by atoms with E-state index >= 15 is 0 Å². The van der Waals surface area contributed by atoms with Gasteiger partial charge in [-0.3, -0.25) is 9.35 Å². The highest BCUT2D eigenvalue weighted by atomic mass is 32.9. The standard InChI is InChI=1S/C19H29N3O3S3/c1-16(22(26)28(24,25)27)8-13-21(15-23)18-6-4-17(5-7-18)19(9-10-19)14-20-11-2-3-12-20/h4-7,15-16,26H,2-3,8-14H2,1H3,(H,24,25,27). The molecule has 3 rings (SSSR count). The van der Waals surface area contributed by atoms with Crippen LogP contribution in [0.15, 0.2) is 24.3 Å². The van der Waals surface area contributed by atoms with E-state index in [2.05, 4.69) is 41.0 Å². The molecule has 1 aromatic carbocycles. The van der Waals surface area contributed by atoms with Crippen molar-refractivity contribution in [2.75, 3.05) is 31.1 Å². The third kappa shape index (κ3) is 5.25. The number of carbonyl (C=O) groups excluding carboxylic acids is 1. The topological polar surface area (TPSA) is 64.1 Å². The van der Waals surface area contributed by atoms with Crippen molar-refractivity contribution in [3.63, 3.8) is 0 Å². The molecule has 1 aromatic rings. The van der Waals surface area contributed by atoms with Crippen LogP contribution in [0.2, 0.25) is 0 Å². The maximum Gasteiger partial charge on any atom is 0.219 e. The first kappa shape index (κ1) is 22.0. The van der Waals surface area contributed by atoms with Gasteiger partial charge in [0, 0.05) is 41.4 Å². The predicted octanol–water partition coefficient (Wildman–Crippen LogP) is 2.84. The Morgan fingerprint density at radius 2 is 1.93 bits per heavy atom. The second-order valence-electron chi connectivity index (χ2n) is 8.00. The zero-order valence-electron chi connectivity index (χ0n) is 16.2. The number of hydrogen-bond donors (Lipinski definition) is 2. The predicted molar refractivity (Wildman–Crippen MR) is 119 cm³/mol. The van der Waals surface area contributed by atoms with Crippen molar-refractivity contribution in [3.8, 4) is 0 Å². The normalized spacial score (nSPS) is 22.0. The molecule has 1 saturated heterocycles. The van der Waals surface area contributed by atoms with E-state index < -0.39 is 8.96 Å². The van der Waals surface area contributed by atoms with Crippen molar-refractivity contribution in [1.82, 2.24) is 8.61 Å². The number of benzene rings is 1. The Bertz CT molecular complexity index is 775. The summed E-state index contributed by atoms with van der Waals surface area (Å²) in [7, 11) is -3.53. The Morgan fingerprint density at radius 3 is 2.43 bits per heavy atom. The summed E-state index contributed by atoms with van der Waals surface area (Å²) in [5, 5.41) is 0. The molecule has 1 aliphatic carbocycles. The van der Waals surface area contributed by atoms with Gasteiger partial charge in [0.1, 0.15) is 0 Å². The number of amides is 1. The first-order valence-electron chi connectivity index (χ1n) is 9.76. The van der Waals surface area contributed by atoms with Crippen molar-refractivity contribution in [3.05, 3.63) is 29.8 Å². The molecule has 2 atom stereocenters. The van der Waals surface area contributed by atoms with E-state index in [4.69, 9.17) is 0 Å². The Kier molecular flexibility index (Phi) is 7.05. The van der Waals surface area contributed by atoms with Crippen molar-refractivity contribution < 1.29 is 13.6 Å². The van der Waals surface area contributed by atoms with Crippen LogP contribution in [-0.4, -0.2) is 56.0 Å². The highest BCUT2D eigenvalue weighted by molar-refractivity contribution is 8.30. The molecule has 6 nitrogen and oxygen atoms in total. The summed E-state index contributed by atoms with van der Waals surface area (Å²) in [5.41, 5.74) is 2.48. The lowest BCUT2D eigenvalue weighted by atomic mass is 9.95. The van der Waals surface area contributed by atoms with Gasteiger partial charge in [0.2, 0.25) is 15.4 Å². The van der Waals surface area contributed by atoms with E-state index in [0.717, 1.165) is 22.4 Å². The van der Waals surface area contributed by atoms with Gasteiger partial charge >= 0.3 is 0 Å². The minimum Gasteiger partial charge on any atom is -0.315 e. The van der Waals surface area contributed by atoms with E-state index in [9.17, 15) is 13.6 Å². The molecule has 1 saturated carbocycles. The van der Waals surface area contributed by atoms with E-state index in [0.29, 0.717) is 18.4 Å².